The van der Waals surface area contributed by atoms with Crippen LogP contribution < -0.4 is 0 Å². The minimum Gasteiger partial charge on any atom is -0.341 e. The Bertz CT molecular complexity index is 687. The fourth-order valence-electron chi connectivity index (χ4n) is 3.91. The molecule has 1 saturated carbocycles. The number of sulfonamides is 1. The molecule has 0 radical (unpaired) electrons. The predicted molar refractivity (Wildman–Crippen MR) is 96.2 cm³/mol. The van der Waals surface area contributed by atoms with Gasteiger partial charge in [0.1, 0.15) is 0 Å². The lowest BCUT2D eigenvalue weighted by Gasteiger charge is -2.35. The quantitative estimate of drug-likeness (QED) is 0.800. The summed E-state index contributed by atoms with van der Waals surface area (Å²) in [5.74, 6) is 0.266. The number of nitrogens with zero attached hydrogens (tertiary/aromatic N) is 3. The monoisotopic (exact) mass is 365 g/mol. The molecule has 0 N–H and O–H groups in total. The Labute approximate surface area is 150 Å². The molecule has 7 heteroatoms. The summed E-state index contributed by atoms with van der Waals surface area (Å²) in [7, 11) is -1.83. The Hall–Kier alpha value is -1.47. The summed E-state index contributed by atoms with van der Waals surface area (Å²) in [5.41, 5.74) is 0.864. The molecule has 6 nitrogen and oxygen atoms in total. The molecule has 1 atom stereocenters. The smallest absolute Gasteiger partial charge is 0.225 e. The number of hydrogen-bond donors (Lipinski definition) is 0. The lowest BCUT2D eigenvalue weighted by atomic mass is 10.0. The van der Waals surface area contributed by atoms with Crippen molar-refractivity contribution in [2.75, 3.05) is 20.1 Å². The van der Waals surface area contributed by atoms with Crippen molar-refractivity contribution >= 4 is 15.9 Å². The van der Waals surface area contributed by atoms with Crippen molar-refractivity contribution < 1.29 is 13.2 Å². The first-order chi connectivity index (χ1) is 12.0. The van der Waals surface area contributed by atoms with Crippen LogP contribution in [-0.4, -0.2) is 53.9 Å². The van der Waals surface area contributed by atoms with Crippen LogP contribution in [0.3, 0.4) is 0 Å². The summed E-state index contributed by atoms with van der Waals surface area (Å²) < 4.78 is 27.3. The van der Waals surface area contributed by atoms with Gasteiger partial charge in [-0.25, -0.2) is 12.7 Å². The number of amides is 1. The van der Waals surface area contributed by atoms with E-state index in [9.17, 15) is 13.2 Å². The Morgan fingerprint density at radius 1 is 1.28 bits per heavy atom. The van der Waals surface area contributed by atoms with Crippen molar-refractivity contribution in [1.29, 1.82) is 0 Å². The number of rotatable bonds is 5. The van der Waals surface area contributed by atoms with E-state index >= 15 is 0 Å². The van der Waals surface area contributed by atoms with Crippen LogP contribution in [-0.2, 0) is 21.4 Å². The molecule has 1 aromatic heterocycles. The zero-order valence-corrected chi connectivity index (χ0v) is 15.6. The van der Waals surface area contributed by atoms with Gasteiger partial charge in [-0.3, -0.25) is 9.78 Å². The van der Waals surface area contributed by atoms with E-state index < -0.39 is 15.3 Å². The highest BCUT2D eigenvalue weighted by Gasteiger charge is 2.37. The van der Waals surface area contributed by atoms with Gasteiger partial charge >= 0.3 is 0 Å². The van der Waals surface area contributed by atoms with Crippen LogP contribution in [0.1, 0.15) is 44.1 Å². The molecular weight excluding hydrogens is 338 g/mol. The maximum Gasteiger partial charge on any atom is 0.225 e. The number of likely N-dealkylation sites (tertiary alicyclic amines) is 1. The normalized spacial score (nSPS) is 22.5. The second-order valence-electron chi connectivity index (χ2n) is 7.19. The Morgan fingerprint density at radius 3 is 2.72 bits per heavy atom. The predicted octanol–water partition coefficient (Wildman–Crippen LogP) is 2.02. The van der Waals surface area contributed by atoms with Gasteiger partial charge in [0, 0.05) is 45.0 Å². The van der Waals surface area contributed by atoms with Gasteiger partial charge in [0.25, 0.3) is 0 Å². The second-order valence-corrected chi connectivity index (χ2v) is 9.51. The molecule has 1 amide bonds. The van der Waals surface area contributed by atoms with E-state index in [0.717, 1.165) is 37.7 Å². The molecule has 0 spiro atoms. The molecule has 2 aliphatic rings. The fraction of sp³-hybridized carbons (Fsp3) is 0.667. The first-order valence-electron chi connectivity index (χ1n) is 9.11. The molecule has 0 unspecified atom stereocenters. The van der Waals surface area contributed by atoms with E-state index in [1.807, 2.05) is 6.07 Å². The van der Waals surface area contributed by atoms with Crippen molar-refractivity contribution in [3.05, 3.63) is 30.1 Å². The van der Waals surface area contributed by atoms with Gasteiger partial charge in [-0.2, -0.15) is 0 Å². The SMILES string of the molecule is CN(Cc1cccnc1)S(=O)(=O)[C@H]1CCCN(C(=O)C2CCCC2)C1. The zero-order chi connectivity index (χ0) is 17.9. The lowest BCUT2D eigenvalue weighted by Crippen LogP contribution is -2.49. The Kier molecular flexibility index (Phi) is 5.74. The summed E-state index contributed by atoms with van der Waals surface area (Å²) in [6.07, 6.45) is 8.85. The van der Waals surface area contributed by atoms with Gasteiger partial charge in [-0.05, 0) is 37.3 Å². The van der Waals surface area contributed by atoms with Crippen molar-refractivity contribution in [2.24, 2.45) is 5.92 Å². The summed E-state index contributed by atoms with van der Waals surface area (Å²) in [4.78, 5) is 18.5. The topological polar surface area (TPSA) is 70.6 Å². The molecule has 25 heavy (non-hydrogen) atoms. The van der Waals surface area contributed by atoms with Crippen molar-refractivity contribution in [3.63, 3.8) is 0 Å². The van der Waals surface area contributed by atoms with E-state index in [1.165, 1.54) is 4.31 Å². The molecule has 1 aliphatic heterocycles. The summed E-state index contributed by atoms with van der Waals surface area (Å²) in [6, 6.07) is 3.67. The van der Waals surface area contributed by atoms with Gasteiger partial charge in [0.05, 0.1) is 5.25 Å². The molecule has 2 fully saturated rings. The first-order valence-corrected chi connectivity index (χ1v) is 10.6. The van der Waals surface area contributed by atoms with Crippen LogP contribution in [0.2, 0.25) is 0 Å². The maximum absolute atomic E-state index is 12.9. The minimum atomic E-state index is -3.44. The standard InChI is InChI=1S/C18H27N3O3S/c1-20(13-15-6-4-10-19-12-15)25(23,24)17-9-5-11-21(14-17)18(22)16-7-2-3-8-16/h4,6,10,12,16-17H,2-3,5,7-9,11,13-14H2,1H3/t17-/m0/s1. The van der Waals surface area contributed by atoms with Gasteiger partial charge in [-0.15, -0.1) is 0 Å². The lowest BCUT2D eigenvalue weighted by molar-refractivity contribution is -0.136. The van der Waals surface area contributed by atoms with Crippen LogP contribution in [0, 0.1) is 5.92 Å². The third kappa shape index (κ3) is 4.20. The minimum absolute atomic E-state index is 0.106. The molecule has 1 aromatic rings. The van der Waals surface area contributed by atoms with Crippen molar-refractivity contribution in [2.45, 2.75) is 50.3 Å². The van der Waals surface area contributed by atoms with Gasteiger partial charge < -0.3 is 4.90 Å². The Morgan fingerprint density at radius 2 is 2.04 bits per heavy atom. The summed E-state index contributed by atoms with van der Waals surface area (Å²) in [5, 5.41) is -0.506. The average molecular weight is 365 g/mol. The molecule has 138 valence electrons. The highest BCUT2D eigenvalue weighted by atomic mass is 32.2. The highest BCUT2D eigenvalue weighted by Crippen LogP contribution is 2.29. The van der Waals surface area contributed by atoms with E-state index in [1.54, 1.807) is 30.4 Å². The van der Waals surface area contributed by atoms with Crippen LogP contribution in [0.4, 0.5) is 0 Å². The Balaban J connectivity index is 1.65. The van der Waals surface area contributed by atoms with E-state index in [0.29, 0.717) is 26.1 Å². The number of aromatic nitrogens is 1. The fourth-order valence-corrected chi connectivity index (χ4v) is 5.58. The van der Waals surface area contributed by atoms with Crippen molar-refractivity contribution in [3.8, 4) is 0 Å². The highest BCUT2D eigenvalue weighted by molar-refractivity contribution is 7.89. The zero-order valence-electron chi connectivity index (χ0n) is 14.8. The maximum atomic E-state index is 12.9. The number of carbonyl (C=O) groups excluding carboxylic acids is 1. The van der Waals surface area contributed by atoms with Crippen LogP contribution in [0.5, 0.6) is 0 Å². The molecule has 1 aliphatic carbocycles. The molecule has 0 bridgehead atoms. The third-order valence-corrected chi connectivity index (χ3v) is 7.60. The van der Waals surface area contributed by atoms with E-state index in [2.05, 4.69) is 4.98 Å². The largest absolute Gasteiger partial charge is 0.341 e. The van der Waals surface area contributed by atoms with E-state index in [-0.39, 0.29) is 11.8 Å². The molecule has 0 aromatic carbocycles. The van der Waals surface area contributed by atoms with Crippen LogP contribution >= 0.6 is 0 Å². The molecular formula is C18H27N3O3S. The average Bonchev–Trinajstić information content (AvgIpc) is 3.16. The second kappa shape index (κ2) is 7.83. The van der Waals surface area contributed by atoms with Crippen LogP contribution in [0.25, 0.3) is 0 Å². The van der Waals surface area contributed by atoms with Gasteiger partial charge in [0.15, 0.2) is 0 Å². The number of pyridine rings is 1. The molecule has 1 saturated heterocycles. The summed E-state index contributed by atoms with van der Waals surface area (Å²) >= 11 is 0. The first kappa shape index (κ1) is 18.3. The van der Waals surface area contributed by atoms with Crippen LogP contribution in [0.15, 0.2) is 24.5 Å². The van der Waals surface area contributed by atoms with E-state index in [4.69, 9.17) is 0 Å². The molecule has 2 heterocycles. The third-order valence-electron chi connectivity index (χ3n) is 5.38. The molecule has 3 rings (SSSR count). The van der Waals surface area contributed by atoms with Gasteiger partial charge in [-0.1, -0.05) is 18.9 Å². The number of carbonyl (C=O) groups is 1. The number of hydrogen-bond acceptors (Lipinski definition) is 4. The number of piperidine rings is 1. The van der Waals surface area contributed by atoms with Crippen molar-refractivity contribution in [1.82, 2.24) is 14.2 Å². The summed E-state index contributed by atoms with van der Waals surface area (Å²) in [6.45, 7) is 1.33. The van der Waals surface area contributed by atoms with Gasteiger partial charge in [0.2, 0.25) is 15.9 Å².